The Morgan fingerprint density at radius 2 is 1.91 bits per heavy atom. The van der Waals surface area contributed by atoms with E-state index in [9.17, 15) is 9.18 Å². The van der Waals surface area contributed by atoms with Crippen LogP contribution in [0.15, 0.2) is 60.3 Å². The fourth-order valence-electron chi connectivity index (χ4n) is 2.54. The van der Waals surface area contributed by atoms with Gasteiger partial charge < -0.3 is 5.32 Å². The molecule has 1 fully saturated rings. The molecule has 2 aromatic rings. The van der Waals surface area contributed by atoms with Gasteiger partial charge in [-0.3, -0.25) is 9.69 Å². The minimum atomic E-state index is -0.345. The third-order valence-corrected chi connectivity index (χ3v) is 4.04. The average molecular weight is 326 g/mol. The fourth-order valence-corrected chi connectivity index (χ4v) is 2.90. The highest BCUT2D eigenvalue weighted by molar-refractivity contribution is 7.80. The lowest BCUT2D eigenvalue weighted by molar-refractivity contribution is -0.123. The topological polar surface area (TPSA) is 32.3 Å². The first kappa shape index (κ1) is 15.4. The van der Waals surface area contributed by atoms with Crippen molar-refractivity contribution in [2.45, 2.75) is 13.0 Å². The van der Waals surface area contributed by atoms with Crippen LogP contribution in [0.5, 0.6) is 0 Å². The molecule has 0 aliphatic carbocycles. The Labute approximate surface area is 139 Å². The summed E-state index contributed by atoms with van der Waals surface area (Å²) in [6.07, 6.45) is 1.61. The third kappa shape index (κ3) is 3.14. The van der Waals surface area contributed by atoms with Crippen molar-refractivity contribution in [2.75, 3.05) is 0 Å². The summed E-state index contributed by atoms with van der Waals surface area (Å²) in [5, 5.41) is 3.27. The molecule has 1 aliphatic rings. The predicted molar refractivity (Wildman–Crippen MR) is 91.8 cm³/mol. The highest BCUT2D eigenvalue weighted by atomic mass is 32.1. The molecule has 1 atom stereocenters. The molecular weight excluding hydrogens is 311 g/mol. The van der Waals surface area contributed by atoms with Crippen molar-refractivity contribution in [3.63, 3.8) is 0 Å². The summed E-state index contributed by atoms with van der Waals surface area (Å²) in [5.74, 6) is -0.558. The molecule has 116 valence electrons. The number of carbonyl (C=O) groups is 1. The smallest absolute Gasteiger partial charge is 0.277 e. The molecule has 5 heteroatoms. The summed E-state index contributed by atoms with van der Waals surface area (Å²) in [4.78, 5) is 14.2. The summed E-state index contributed by atoms with van der Waals surface area (Å²) >= 11 is 5.29. The monoisotopic (exact) mass is 326 g/mol. The number of benzene rings is 2. The molecule has 3 nitrogen and oxygen atoms in total. The van der Waals surface area contributed by atoms with E-state index >= 15 is 0 Å². The normalized spacial score (nSPS) is 17.5. The molecule has 1 heterocycles. The van der Waals surface area contributed by atoms with Gasteiger partial charge in [0.2, 0.25) is 0 Å². The van der Waals surface area contributed by atoms with Crippen LogP contribution >= 0.6 is 12.2 Å². The zero-order valence-electron chi connectivity index (χ0n) is 12.5. The largest absolute Gasteiger partial charge is 0.328 e. The first-order valence-electron chi connectivity index (χ1n) is 7.23. The lowest BCUT2D eigenvalue weighted by atomic mass is 10.1. The lowest BCUT2D eigenvalue weighted by Gasteiger charge is -2.23. The van der Waals surface area contributed by atoms with E-state index in [4.69, 9.17) is 12.2 Å². The highest BCUT2D eigenvalue weighted by Gasteiger charge is 2.34. The maximum Gasteiger partial charge on any atom is 0.277 e. The van der Waals surface area contributed by atoms with Gasteiger partial charge in [-0.05, 0) is 48.5 Å². The number of halogens is 1. The molecule has 1 N–H and O–H groups in total. The summed E-state index contributed by atoms with van der Waals surface area (Å²) in [6, 6.07) is 15.6. The van der Waals surface area contributed by atoms with Crippen molar-refractivity contribution in [3.8, 4) is 0 Å². The molecule has 23 heavy (non-hydrogen) atoms. The zero-order chi connectivity index (χ0) is 16.4. The number of rotatable bonds is 3. The summed E-state index contributed by atoms with van der Waals surface area (Å²) in [5.41, 5.74) is 1.96. The second-order valence-electron chi connectivity index (χ2n) is 5.30. The summed E-state index contributed by atoms with van der Waals surface area (Å²) in [7, 11) is 0. The maximum absolute atomic E-state index is 13.3. The van der Waals surface area contributed by atoms with E-state index in [0.717, 1.165) is 5.56 Å². The van der Waals surface area contributed by atoms with Crippen molar-refractivity contribution in [1.82, 2.24) is 10.2 Å². The Bertz CT molecular complexity index is 789. The van der Waals surface area contributed by atoms with Crippen molar-refractivity contribution >= 4 is 29.3 Å². The first-order valence-corrected chi connectivity index (χ1v) is 7.64. The van der Waals surface area contributed by atoms with Crippen LogP contribution in [0.2, 0.25) is 0 Å². The minimum absolute atomic E-state index is 0.179. The van der Waals surface area contributed by atoms with Gasteiger partial charge >= 0.3 is 0 Å². The molecule has 1 unspecified atom stereocenters. The zero-order valence-corrected chi connectivity index (χ0v) is 13.3. The van der Waals surface area contributed by atoms with Crippen LogP contribution in [-0.4, -0.2) is 15.9 Å². The minimum Gasteiger partial charge on any atom is -0.328 e. The second kappa shape index (κ2) is 6.30. The molecular formula is C18H15FN2OS. The van der Waals surface area contributed by atoms with Crippen LogP contribution in [0.4, 0.5) is 4.39 Å². The van der Waals surface area contributed by atoms with E-state index < -0.39 is 0 Å². The fraction of sp³-hybridized carbons (Fsp3) is 0.111. The Kier molecular flexibility index (Phi) is 4.21. The number of hydrogen-bond donors (Lipinski definition) is 1. The van der Waals surface area contributed by atoms with E-state index in [1.165, 1.54) is 17.0 Å². The lowest BCUT2D eigenvalue weighted by Crippen LogP contribution is -2.33. The van der Waals surface area contributed by atoms with Gasteiger partial charge in [0.05, 0.1) is 6.04 Å². The van der Waals surface area contributed by atoms with Crippen molar-refractivity contribution in [2.24, 2.45) is 0 Å². The number of nitrogens with zero attached hydrogens (tertiary/aromatic N) is 1. The molecule has 3 rings (SSSR count). The number of amides is 1. The molecule has 0 saturated carbocycles. The number of nitrogens with one attached hydrogen (secondary N) is 1. The van der Waals surface area contributed by atoms with Gasteiger partial charge in [0.15, 0.2) is 5.11 Å². The number of thiocarbonyl (C=S) groups is 1. The van der Waals surface area contributed by atoms with Crippen molar-refractivity contribution < 1.29 is 9.18 Å². The van der Waals surface area contributed by atoms with Crippen molar-refractivity contribution in [1.29, 1.82) is 0 Å². The molecule has 0 spiro atoms. The average Bonchev–Trinajstić information content (AvgIpc) is 2.81. The van der Waals surface area contributed by atoms with Gasteiger partial charge in [-0.25, -0.2) is 4.39 Å². The van der Waals surface area contributed by atoms with E-state index in [1.807, 2.05) is 37.3 Å². The molecule has 0 radical (unpaired) electrons. The van der Waals surface area contributed by atoms with Crippen LogP contribution in [0.3, 0.4) is 0 Å². The van der Waals surface area contributed by atoms with Crippen LogP contribution in [-0.2, 0) is 4.79 Å². The summed E-state index contributed by atoms with van der Waals surface area (Å²) < 4.78 is 13.3. The van der Waals surface area contributed by atoms with Crippen LogP contribution in [0.25, 0.3) is 6.08 Å². The van der Waals surface area contributed by atoms with Crippen molar-refractivity contribution in [3.05, 3.63) is 77.2 Å². The number of carbonyl (C=O) groups excluding carboxylic acids is 1. The van der Waals surface area contributed by atoms with Gasteiger partial charge in [-0.1, -0.05) is 42.5 Å². The van der Waals surface area contributed by atoms with E-state index in [0.29, 0.717) is 16.4 Å². The van der Waals surface area contributed by atoms with Crippen LogP contribution < -0.4 is 5.32 Å². The third-order valence-electron chi connectivity index (χ3n) is 3.74. The molecule has 1 amide bonds. The predicted octanol–water partition coefficient (Wildman–Crippen LogP) is 3.64. The Morgan fingerprint density at radius 3 is 2.61 bits per heavy atom. The van der Waals surface area contributed by atoms with E-state index in [1.54, 1.807) is 18.2 Å². The Morgan fingerprint density at radius 1 is 1.17 bits per heavy atom. The van der Waals surface area contributed by atoms with Crippen LogP contribution in [0.1, 0.15) is 24.1 Å². The highest BCUT2D eigenvalue weighted by Crippen LogP contribution is 2.26. The standard InChI is InChI=1S/C18H15FN2OS/c1-12(14-7-3-2-4-8-14)21-17(22)16(20-18(21)23)11-13-6-5-9-15(19)10-13/h2-12H,1H3,(H,20,23)/b16-11-. The maximum atomic E-state index is 13.3. The quantitative estimate of drug-likeness (QED) is 0.690. The van der Waals surface area contributed by atoms with Gasteiger partial charge in [-0.2, -0.15) is 0 Å². The molecule has 2 aromatic carbocycles. The summed E-state index contributed by atoms with van der Waals surface area (Å²) in [6.45, 7) is 1.92. The Hall–Kier alpha value is -2.53. The van der Waals surface area contributed by atoms with Gasteiger partial charge in [0.25, 0.3) is 5.91 Å². The molecule has 0 aromatic heterocycles. The van der Waals surface area contributed by atoms with Gasteiger partial charge in [0.1, 0.15) is 11.5 Å². The van der Waals surface area contributed by atoms with E-state index in [-0.39, 0.29) is 17.8 Å². The van der Waals surface area contributed by atoms with E-state index in [2.05, 4.69) is 5.32 Å². The Balaban J connectivity index is 1.88. The molecule has 0 bridgehead atoms. The molecule has 1 aliphatic heterocycles. The van der Waals surface area contributed by atoms with Gasteiger partial charge in [-0.15, -0.1) is 0 Å². The molecule has 1 saturated heterocycles. The second-order valence-corrected chi connectivity index (χ2v) is 5.69. The van der Waals surface area contributed by atoms with Crippen LogP contribution in [0, 0.1) is 5.82 Å². The first-order chi connectivity index (χ1) is 11.1. The number of hydrogen-bond acceptors (Lipinski definition) is 2. The van der Waals surface area contributed by atoms with Gasteiger partial charge in [0, 0.05) is 0 Å². The SMILES string of the molecule is CC(c1ccccc1)N1C(=O)/C(=C/c2cccc(F)c2)NC1=S.